The lowest BCUT2D eigenvalue weighted by Gasteiger charge is -2.29. The van der Waals surface area contributed by atoms with Gasteiger partial charge in [-0.05, 0) is 55.7 Å². The van der Waals surface area contributed by atoms with E-state index >= 15 is 0 Å². The van der Waals surface area contributed by atoms with E-state index in [1.165, 1.54) is 10.4 Å². The summed E-state index contributed by atoms with van der Waals surface area (Å²) in [6.07, 6.45) is 0.912. The van der Waals surface area contributed by atoms with Crippen LogP contribution < -0.4 is 5.32 Å². The normalized spacial score (nSPS) is 15.8. The van der Waals surface area contributed by atoms with Crippen molar-refractivity contribution in [1.82, 2.24) is 19.8 Å². The zero-order valence-corrected chi connectivity index (χ0v) is 18.5. The minimum absolute atomic E-state index is 0.0683. The largest absolute Gasteiger partial charge is 0.442 e. The van der Waals surface area contributed by atoms with Gasteiger partial charge >= 0.3 is 0 Å². The summed E-state index contributed by atoms with van der Waals surface area (Å²) in [7, 11) is -3.77. The van der Waals surface area contributed by atoms with Crippen LogP contribution in [0.15, 0.2) is 52.0 Å². The van der Waals surface area contributed by atoms with Gasteiger partial charge in [-0.15, -0.1) is 0 Å². The minimum Gasteiger partial charge on any atom is -0.442 e. The monoisotopic (exact) mass is 462 g/mol. The number of furan rings is 1. The number of piperidine rings is 1. The average molecular weight is 463 g/mol. The molecule has 10 heteroatoms. The van der Waals surface area contributed by atoms with Gasteiger partial charge in [-0.3, -0.25) is 9.89 Å². The highest BCUT2D eigenvalue weighted by molar-refractivity contribution is 7.89. The molecule has 0 bridgehead atoms. The second kappa shape index (κ2) is 8.86. The van der Waals surface area contributed by atoms with Crippen LogP contribution in [-0.4, -0.2) is 41.9 Å². The van der Waals surface area contributed by atoms with Crippen LogP contribution >= 0.6 is 11.6 Å². The van der Waals surface area contributed by atoms with E-state index in [1.807, 2.05) is 19.1 Å². The number of nitrogens with one attached hydrogen (secondary N) is 2. The molecule has 1 aliphatic heterocycles. The molecule has 0 spiro atoms. The van der Waals surface area contributed by atoms with E-state index in [0.29, 0.717) is 35.9 Å². The molecular formula is C21H23ClN4O4S. The Morgan fingerprint density at radius 3 is 2.58 bits per heavy atom. The van der Waals surface area contributed by atoms with Crippen LogP contribution in [0.3, 0.4) is 0 Å². The van der Waals surface area contributed by atoms with Crippen LogP contribution in [0, 0.1) is 12.8 Å². The minimum atomic E-state index is -3.77. The topological polar surface area (TPSA) is 108 Å². The quantitative estimate of drug-likeness (QED) is 0.584. The summed E-state index contributed by atoms with van der Waals surface area (Å²) in [5, 5.41) is 10.3. The molecule has 0 radical (unpaired) electrons. The molecule has 3 aromatic rings. The lowest BCUT2D eigenvalue weighted by molar-refractivity contribution is -0.126. The van der Waals surface area contributed by atoms with Crippen molar-refractivity contribution in [2.75, 3.05) is 13.1 Å². The number of aryl methyl sites for hydroxylation is 1. The summed E-state index contributed by atoms with van der Waals surface area (Å²) in [6, 6.07) is 12.1. The first-order chi connectivity index (χ1) is 14.8. The number of amides is 1. The molecular weight excluding hydrogens is 440 g/mol. The molecule has 1 aromatic carbocycles. The zero-order chi connectivity index (χ0) is 22.0. The van der Waals surface area contributed by atoms with Crippen LogP contribution in [0.2, 0.25) is 5.02 Å². The lowest BCUT2D eigenvalue weighted by atomic mass is 9.97. The number of rotatable bonds is 6. The van der Waals surface area contributed by atoms with Gasteiger partial charge in [0, 0.05) is 36.3 Å². The number of halogens is 1. The molecule has 1 amide bonds. The number of carbonyl (C=O) groups excluding carboxylic acids is 1. The van der Waals surface area contributed by atoms with E-state index in [1.54, 1.807) is 24.3 Å². The molecule has 2 N–H and O–H groups in total. The van der Waals surface area contributed by atoms with Gasteiger partial charge in [0.25, 0.3) is 10.0 Å². The summed E-state index contributed by atoms with van der Waals surface area (Å²) in [5.74, 6) is 0.0958. The second-order valence-electron chi connectivity index (χ2n) is 7.58. The van der Waals surface area contributed by atoms with E-state index in [-0.39, 0.29) is 30.0 Å². The Kier molecular flexibility index (Phi) is 6.17. The molecule has 1 saturated heterocycles. The van der Waals surface area contributed by atoms with Crippen LogP contribution in [-0.2, 0) is 21.4 Å². The van der Waals surface area contributed by atoms with Gasteiger partial charge in [-0.2, -0.15) is 9.40 Å². The molecule has 31 heavy (non-hydrogen) atoms. The smallest absolute Gasteiger partial charge is 0.276 e. The van der Waals surface area contributed by atoms with Gasteiger partial charge in [-0.25, -0.2) is 8.42 Å². The third-order valence-electron chi connectivity index (χ3n) is 5.34. The van der Waals surface area contributed by atoms with Crippen LogP contribution in [0.5, 0.6) is 0 Å². The van der Waals surface area contributed by atoms with E-state index < -0.39 is 10.0 Å². The number of aromatic amines is 1. The Labute approximate surface area is 185 Å². The average Bonchev–Trinajstić information content (AvgIpc) is 3.43. The Balaban J connectivity index is 1.34. The number of nitrogens with zero attached hydrogens (tertiary/aromatic N) is 2. The van der Waals surface area contributed by atoms with E-state index in [9.17, 15) is 13.2 Å². The van der Waals surface area contributed by atoms with Gasteiger partial charge in [0.1, 0.15) is 5.69 Å². The summed E-state index contributed by atoms with van der Waals surface area (Å²) in [5.41, 5.74) is 2.36. The number of H-pyrrole nitrogens is 1. The van der Waals surface area contributed by atoms with E-state index in [0.717, 1.165) is 11.3 Å². The van der Waals surface area contributed by atoms with Crippen molar-refractivity contribution in [3.05, 3.63) is 58.7 Å². The van der Waals surface area contributed by atoms with Gasteiger partial charge in [0.05, 0.1) is 0 Å². The predicted octanol–water partition coefficient (Wildman–Crippen LogP) is 3.35. The molecule has 4 rings (SSSR count). The standard InChI is InChI=1S/C21H23ClN4O4S/c1-14-12-18(25-24-14)19-6-7-20(30-19)31(28,29)26-10-8-16(9-11-26)21(27)23-13-15-2-4-17(22)5-3-15/h2-7,12,16H,8-11,13H2,1H3,(H,23,27)(H,24,25). The number of carbonyl (C=O) groups is 1. The van der Waals surface area contributed by atoms with Gasteiger partial charge in [0.2, 0.25) is 11.0 Å². The summed E-state index contributed by atoms with van der Waals surface area (Å²) in [4.78, 5) is 12.5. The first kappa shape index (κ1) is 21.6. The highest BCUT2D eigenvalue weighted by Crippen LogP contribution is 2.28. The zero-order valence-electron chi connectivity index (χ0n) is 17.0. The Hall–Kier alpha value is -2.62. The third kappa shape index (κ3) is 4.84. The van der Waals surface area contributed by atoms with Gasteiger partial charge < -0.3 is 9.73 Å². The fourth-order valence-corrected chi connectivity index (χ4v) is 5.07. The van der Waals surface area contributed by atoms with Crippen molar-refractivity contribution >= 4 is 27.5 Å². The van der Waals surface area contributed by atoms with Crippen molar-refractivity contribution in [2.45, 2.75) is 31.4 Å². The molecule has 8 nitrogen and oxygen atoms in total. The fraction of sp³-hybridized carbons (Fsp3) is 0.333. The molecule has 3 heterocycles. The van der Waals surface area contributed by atoms with Crippen molar-refractivity contribution in [3.8, 4) is 11.5 Å². The van der Waals surface area contributed by atoms with Crippen molar-refractivity contribution in [3.63, 3.8) is 0 Å². The van der Waals surface area contributed by atoms with Crippen molar-refractivity contribution in [1.29, 1.82) is 0 Å². The Morgan fingerprint density at radius 2 is 1.94 bits per heavy atom. The predicted molar refractivity (Wildman–Crippen MR) is 116 cm³/mol. The molecule has 0 atom stereocenters. The maximum absolute atomic E-state index is 12.9. The highest BCUT2D eigenvalue weighted by Gasteiger charge is 2.34. The van der Waals surface area contributed by atoms with Crippen LogP contribution in [0.1, 0.15) is 24.1 Å². The molecule has 1 fully saturated rings. The number of hydrogen-bond acceptors (Lipinski definition) is 5. The molecule has 0 saturated carbocycles. The van der Waals surface area contributed by atoms with Crippen LogP contribution in [0.25, 0.3) is 11.5 Å². The summed E-state index contributed by atoms with van der Waals surface area (Å²) < 4.78 is 32.8. The van der Waals surface area contributed by atoms with Gasteiger partial charge in [0.15, 0.2) is 5.76 Å². The van der Waals surface area contributed by atoms with Crippen molar-refractivity contribution in [2.24, 2.45) is 5.92 Å². The summed E-state index contributed by atoms with van der Waals surface area (Å²) in [6.45, 7) is 2.79. The number of sulfonamides is 1. The highest BCUT2D eigenvalue weighted by atomic mass is 35.5. The summed E-state index contributed by atoms with van der Waals surface area (Å²) >= 11 is 5.87. The van der Waals surface area contributed by atoms with Crippen molar-refractivity contribution < 1.29 is 17.6 Å². The molecule has 164 valence electrons. The SMILES string of the molecule is Cc1cc(-c2ccc(S(=O)(=O)N3CCC(C(=O)NCc4ccc(Cl)cc4)CC3)o2)n[nH]1. The van der Waals surface area contributed by atoms with E-state index in [4.69, 9.17) is 16.0 Å². The maximum Gasteiger partial charge on any atom is 0.276 e. The van der Waals surface area contributed by atoms with E-state index in [2.05, 4.69) is 15.5 Å². The number of aromatic nitrogens is 2. The Bertz CT molecular complexity index is 1160. The first-order valence-corrected chi connectivity index (χ1v) is 11.8. The second-order valence-corrected chi connectivity index (χ2v) is 9.88. The fourth-order valence-electron chi connectivity index (χ4n) is 3.56. The number of benzene rings is 1. The number of hydrogen-bond donors (Lipinski definition) is 2. The third-order valence-corrected chi connectivity index (χ3v) is 7.36. The molecule has 0 aliphatic carbocycles. The molecule has 2 aromatic heterocycles. The first-order valence-electron chi connectivity index (χ1n) is 9.97. The molecule has 0 unspecified atom stereocenters. The Morgan fingerprint density at radius 1 is 1.23 bits per heavy atom. The lowest BCUT2D eigenvalue weighted by Crippen LogP contribution is -2.42. The molecule has 1 aliphatic rings. The maximum atomic E-state index is 12.9. The van der Waals surface area contributed by atoms with Gasteiger partial charge in [-0.1, -0.05) is 23.7 Å². The van der Waals surface area contributed by atoms with Crippen LogP contribution in [0.4, 0.5) is 0 Å².